The van der Waals surface area contributed by atoms with Gasteiger partial charge in [0.15, 0.2) is 9.84 Å². The molecule has 1 aromatic carbocycles. The maximum absolute atomic E-state index is 12.7. The lowest BCUT2D eigenvalue weighted by Crippen LogP contribution is -2.37. The lowest BCUT2D eigenvalue weighted by Gasteiger charge is -2.23. The molecule has 0 N–H and O–H groups in total. The average molecular weight is 398 g/mol. The molecule has 1 heterocycles. The summed E-state index contributed by atoms with van der Waals surface area (Å²) in [5.74, 6) is 0.109. The summed E-state index contributed by atoms with van der Waals surface area (Å²) in [7, 11) is -4.18. The van der Waals surface area contributed by atoms with E-state index in [1.807, 2.05) is 0 Å². The van der Waals surface area contributed by atoms with E-state index in [1.54, 1.807) is 12.1 Å². The first-order valence-corrected chi connectivity index (χ1v) is 10.2. The largest absolute Gasteiger partial charge is 0.495 e. The SMILES string of the molecule is COc1ccc(Br)cc1S(=O)(=O)N(C)[C@@H]1CCS(=O)(=O)C1. The number of sulfone groups is 1. The Kier molecular flexibility index (Phi) is 4.67. The standard InChI is InChI=1S/C12H16BrNO5S2/c1-14(10-5-6-20(15,16)8-10)21(17,18)12-7-9(13)3-4-11(12)19-2/h3-4,7,10H,5-6,8H2,1-2H3/t10-/m1/s1. The quantitative estimate of drug-likeness (QED) is 0.763. The predicted molar refractivity (Wildman–Crippen MR) is 82.7 cm³/mol. The number of sulfonamides is 1. The second kappa shape index (κ2) is 5.86. The molecule has 118 valence electrons. The van der Waals surface area contributed by atoms with Crippen molar-refractivity contribution in [3.05, 3.63) is 22.7 Å². The highest BCUT2D eigenvalue weighted by molar-refractivity contribution is 9.10. The summed E-state index contributed by atoms with van der Waals surface area (Å²) in [4.78, 5) is 0.0196. The highest BCUT2D eigenvalue weighted by Gasteiger charge is 2.37. The maximum atomic E-state index is 12.7. The van der Waals surface area contributed by atoms with Gasteiger partial charge in [0.2, 0.25) is 10.0 Å². The molecule has 1 aliphatic rings. The third kappa shape index (κ3) is 3.41. The fraction of sp³-hybridized carbons (Fsp3) is 0.500. The zero-order valence-electron chi connectivity index (χ0n) is 11.6. The normalized spacial score (nSPS) is 21.6. The summed E-state index contributed by atoms with van der Waals surface area (Å²) in [6.45, 7) is 0. The van der Waals surface area contributed by atoms with Crippen LogP contribution in [0.4, 0.5) is 0 Å². The molecule has 21 heavy (non-hydrogen) atoms. The summed E-state index contributed by atoms with van der Waals surface area (Å²) in [6, 6.07) is 4.14. The van der Waals surface area contributed by atoms with Crippen LogP contribution in [0.15, 0.2) is 27.6 Å². The van der Waals surface area contributed by atoms with Crippen molar-refractivity contribution in [3.8, 4) is 5.75 Å². The van der Waals surface area contributed by atoms with Crippen molar-refractivity contribution in [2.45, 2.75) is 17.4 Å². The molecular weight excluding hydrogens is 382 g/mol. The fourth-order valence-corrected chi connectivity index (χ4v) is 6.21. The molecule has 0 spiro atoms. The minimum Gasteiger partial charge on any atom is -0.495 e. The Balaban J connectivity index is 2.40. The molecule has 1 atom stereocenters. The molecule has 9 heteroatoms. The van der Waals surface area contributed by atoms with Crippen LogP contribution in [0.1, 0.15) is 6.42 Å². The number of rotatable bonds is 4. The Morgan fingerprint density at radius 1 is 1.38 bits per heavy atom. The van der Waals surface area contributed by atoms with Crippen LogP contribution in [-0.2, 0) is 19.9 Å². The van der Waals surface area contributed by atoms with Gasteiger partial charge in [0.1, 0.15) is 10.6 Å². The van der Waals surface area contributed by atoms with Gasteiger partial charge in [-0.1, -0.05) is 15.9 Å². The van der Waals surface area contributed by atoms with E-state index in [1.165, 1.54) is 20.2 Å². The van der Waals surface area contributed by atoms with E-state index < -0.39 is 25.9 Å². The van der Waals surface area contributed by atoms with Gasteiger partial charge in [0.05, 0.1) is 18.6 Å². The first kappa shape index (κ1) is 16.7. The van der Waals surface area contributed by atoms with E-state index in [9.17, 15) is 16.8 Å². The summed E-state index contributed by atoms with van der Waals surface area (Å²) < 4.78 is 55.3. The first-order valence-electron chi connectivity index (χ1n) is 6.19. The van der Waals surface area contributed by atoms with Gasteiger partial charge in [-0.2, -0.15) is 4.31 Å². The van der Waals surface area contributed by atoms with Crippen LogP contribution in [0, 0.1) is 0 Å². The van der Waals surface area contributed by atoms with E-state index in [-0.39, 0.29) is 22.2 Å². The van der Waals surface area contributed by atoms with Crippen molar-refractivity contribution >= 4 is 35.8 Å². The Bertz CT molecular complexity index is 745. The van der Waals surface area contributed by atoms with Gasteiger partial charge in [-0.05, 0) is 24.6 Å². The van der Waals surface area contributed by atoms with Crippen LogP contribution >= 0.6 is 15.9 Å². The van der Waals surface area contributed by atoms with Crippen molar-refractivity contribution in [1.29, 1.82) is 0 Å². The topological polar surface area (TPSA) is 80.8 Å². The molecule has 0 saturated carbocycles. The molecule has 0 bridgehead atoms. The molecule has 1 fully saturated rings. The van der Waals surface area contributed by atoms with E-state index in [2.05, 4.69) is 15.9 Å². The van der Waals surface area contributed by atoms with Crippen molar-refractivity contribution in [1.82, 2.24) is 4.31 Å². The number of halogens is 1. The third-order valence-corrected chi connectivity index (χ3v) is 7.68. The average Bonchev–Trinajstić information content (AvgIpc) is 2.78. The van der Waals surface area contributed by atoms with Crippen LogP contribution in [0.25, 0.3) is 0 Å². The molecule has 1 aliphatic heterocycles. The zero-order chi connectivity index (χ0) is 15.8. The lowest BCUT2D eigenvalue weighted by molar-refractivity contribution is 0.380. The van der Waals surface area contributed by atoms with Gasteiger partial charge in [0.25, 0.3) is 0 Å². The highest BCUT2D eigenvalue weighted by atomic mass is 79.9. The number of methoxy groups -OCH3 is 1. The number of hydrogen-bond acceptors (Lipinski definition) is 5. The number of benzene rings is 1. The molecule has 0 unspecified atom stereocenters. The Labute approximate surface area is 133 Å². The minimum atomic E-state index is -3.82. The first-order chi connectivity index (χ1) is 9.67. The predicted octanol–water partition coefficient (Wildman–Crippen LogP) is 1.27. The van der Waals surface area contributed by atoms with Crippen molar-refractivity contribution in [3.63, 3.8) is 0 Å². The van der Waals surface area contributed by atoms with Gasteiger partial charge in [-0.15, -0.1) is 0 Å². The molecular formula is C12H16BrNO5S2. The van der Waals surface area contributed by atoms with Crippen molar-refractivity contribution in [2.75, 3.05) is 25.7 Å². The maximum Gasteiger partial charge on any atom is 0.246 e. The minimum absolute atomic E-state index is 0.0196. The van der Waals surface area contributed by atoms with Gasteiger partial charge in [-0.3, -0.25) is 0 Å². The molecule has 1 saturated heterocycles. The van der Waals surface area contributed by atoms with Crippen LogP contribution in [0.5, 0.6) is 5.75 Å². The Hall–Kier alpha value is -0.640. The van der Waals surface area contributed by atoms with Crippen LogP contribution < -0.4 is 4.74 Å². The number of ether oxygens (including phenoxy) is 1. The Morgan fingerprint density at radius 3 is 2.57 bits per heavy atom. The Morgan fingerprint density at radius 2 is 2.05 bits per heavy atom. The van der Waals surface area contributed by atoms with E-state index >= 15 is 0 Å². The molecule has 0 amide bonds. The van der Waals surface area contributed by atoms with Gasteiger partial charge < -0.3 is 4.74 Å². The van der Waals surface area contributed by atoms with E-state index in [0.717, 1.165) is 4.31 Å². The molecule has 0 radical (unpaired) electrons. The molecule has 2 rings (SSSR count). The zero-order valence-corrected chi connectivity index (χ0v) is 14.8. The molecule has 1 aromatic rings. The molecule has 0 aromatic heterocycles. The second-order valence-electron chi connectivity index (χ2n) is 4.87. The van der Waals surface area contributed by atoms with Crippen LogP contribution in [0.2, 0.25) is 0 Å². The third-order valence-electron chi connectivity index (χ3n) is 3.51. The van der Waals surface area contributed by atoms with E-state index in [4.69, 9.17) is 4.74 Å². The summed E-state index contributed by atoms with van der Waals surface area (Å²) >= 11 is 3.23. The molecule has 6 nitrogen and oxygen atoms in total. The monoisotopic (exact) mass is 397 g/mol. The summed E-state index contributed by atoms with van der Waals surface area (Å²) in [5.41, 5.74) is 0. The van der Waals surface area contributed by atoms with Gasteiger partial charge >= 0.3 is 0 Å². The second-order valence-corrected chi connectivity index (χ2v) is 9.98. The number of hydrogen-bond donors (Lipinski definition) is 0. The van der Waals surface area contributed by atoms with Crippen molar-refractivity contribution in [2.24, 2.45) is 0 Å². The highest BCUT2D eigenvalue weighted by Crippen LogP contribution is 2.31. The lowest BCUT2D eigenvalue weighted by atomic mass is 10.3. The van der Waals surface area contributed by atoms with Crippen LogP contribution in [0.3, 0.4) is 0 Å². The van der Waals surface area contributed by atoms with Gasteiger partial charge in [-0.25, -0.2) is 16.8 Å². The summed E-state index contributed by atoms with van der Waals surface area (Å²) in [5, 5.41) is 0. The van der Waals surface area contributed by atoms with E-state index in [0.29, 0.717) is 10.9 Å². The fourth-order valence-electron chi connectivity index (χ4n) is 2.27. The number of nitrogens with zero attached hydrogens (tertiary/aromatic N) is 1. The smallest absolute Gasteiger partial charge is 0.246 e. The van der Waals surface area contributed by atoms with Crippen molar-refractivity contribution < 1.29 is 21.6 Å². The summed E-state index contributed by atoms with van der Waals surface area (Å²) in [6.07, 6.45) is 0.314. The molecule has 0 aliphatic carbocycles. The van der Waals surface area contributed by atoms with Crippen LogP contribution in [-0.4, -0.2) is 52.8 Å². The van der Waals surface area contributed by atoms with Gasteiger partial charge in [0, 0.05) is 17.6 Å².